The zero-order chi connectivity index (χ0) is 14.8. The summed E-state index contributed by atoms with van der Waals surface area (Å²) in [4.78, 5) is 15.9. The van der Waals surface area contributed by atoms with Gasteiger partial charge in [-0.25, -0.2) is 9.78 Å². The fraction of sp³-hybridized carbons (Fsp3) is 0.400. The summed E-state index contributed by atoms with van der Waals surface area (Å²) in [6, 6.07) is 3.67. The summed E-state index contributed by atoms with van der Waals surface area (Å²) in [6.07, 6.45) is 6.51. The molecule has 2 aromatic heterocycles. The largest absolute Gasteiger partial charge is 0.478 e. The number of fused-ring (bicyclic) bond motifs is 1. The number of carboxylic acid groups (broad SMARTS) is 1. The third-order valence-electron chi connectivity index (χ3n) is 3.68. The molecule has 0 aromatic carbocycles. The fourth-order valence-corrected chi connectivity index (χ4v) is 2.71. The normalized spacial score (nSPS) is 14.7. The molecule has 6 nitrogen and oxygen atoms in total. The Bertz CT molecular complexity index is 652. The Balaban J connectivity index is 1.82. The van der Waals surface area contributed by atoms with Crippen LogP contribution in [0.3, 0.4) is 0 Å². The average Bonchev–Trinajstić information content (AvgIpc) is 3.07. The molecular weight excluding hydrogens is 268 g/mol. The van der Waals surface area contributed by atoms with Crippen LogP contribution in [0.15, 0.2) is 24.5 Å². The summed E-state index contributed by atoms with van der Waals surface area (Å²) < 4.78 is 1.81. The van der Waals surface area contributed by atoms with Gasteiger partial charge in [-0.15, -0.1) is 0 Å². The lowest BCUT2D eigenvalue weighted by Crippen LogP contribution is -2.24. The van der Waals surface area contributed by atoms with Gasteiger partial charge in [0.25, 0.3) is 0 Å². The number of carbonyl (C=O) groups is 1. The van der Waals surface area contributed by atoms with Gasteiger partial charge in [-0.2, -0.15) is 5.10 Å². The van der Waals surface area contributed by atoms with Crippen molar-refractivity contribution in [1.82, 2.24) is 14.8 Å². The third-order valence-corrected chi connectivity index (χ3v) is 3.68. The molecule has 2 heterocycles. The summed E-state index contributed by atoms with van der Waals surface area (Å²) in [7, 11) is 0. The molecule has 2 aromatic rings. The highest BCUT2D eigenvalue weighted by Gasteiger charge is 2.20. The summed E-state index contributed by atoms with van der Waals surface area (Å²) in [5.41, 5.74) is 2.34. The minimum absolute atomic E-state index is 0.0370. The van der Waals surface area contributed by atoms with Gasteiger partial charge in [0.05, 0.1) is 6.54 Å². The van der Waals surface area contributed by atoms with Crippen LogP contribution in [0.2, 0.25) is 0 Å². The van der Waals surface area contributed by atoms with Crippen LogP contribution in [-0.2, 0) is 19.4 Å². The zero-order valence-electron chi connectivity index (χ0n) is 11.9. The Kier molecular flexibility index (Phi) is 3.60. The molecule has 0 spiro atoms. The Morgan fingerprint density at radius 1 is 1.52 bits per heavy atom. The first kappa shape index (κ1) is 13.6. The van der Waals surface area contributed by atoms with Crippen LogP contribution in [0.4, 0.5) is 5.82 Å². The monoisotopic (exact) mass is 286 g/mol. The van der Waals surface area contributed by atoms with Crippen LogP contribution in [0, 0.1) is 0 Å². The van der Waals surface area contributed by atoms with Crippen molar-refractivity contribution in [2.24, 2.45) is 0 Å². The topological polar surface area (TPSA) is 80.0 Å². The van der Waals surface area contributed by atoms with Crippen molar-refractivity contribution in [1.29, 1.82) is 0 Å². The van der Waals surface area contributed by atoms with Crippen molar-refractivity contribution in [3.63, 3.8) is 0 Å². The van der Waals surface area contributed by atoms with E-state index in [0.29, 0.717) is 12.4 Å². The first-order valence-electron chi connectivity index (χ1n) is 7.13. The first-order chi connectivity index (χ1) is 10.1. The number of carboxylic acids is 1. The highest BCUT2D eigenvalue weighted by atomic mass is 16.4. The minimum atomic E-state index is -0.939. The molecule has 0 saturated carbocycles. The van der Waals surface area contributed by atoms with Crippen LogP contribution in [-0.4, -0.2) is 31.9 Å². The molecule has 1 atom stereocenters. The molecular formula is C15H18N4O2. The molecule has 0 aliphatic heterocycles. The first-order valence-corrected chi connectivity index (χ1v) is 7.13. The van der Waals surface area contributed by atoms with E-state index in [0.717, 1.165) is 30.5 Å². The molecule has 1 aliphatic carbocycles. The molecule has 0 saturated heterocycles. The van der Waals surface area contributed by atoms with Crippen molar-refractivity contribution in [3.05, 3.63) is 41.3 Å². The predicted molar refractivity (Wildman–Crippen MR) is 78.5 cm³/mol. The standard InChI is InChI=1S/C15H18N4O2/c1-10(9-19-7-3-6-16-19)17-14-12(15(20)21)8-11-4-2-5-13(11)18-14/h3,6-8,10H,2,4-5,9H2,1H3,(H,17,18)(H,20,21). The van der Waals surface area contributed by atoms with Crippen LogP contribution < -0.4 is 5.32 Å². The minimum Gasteiger partial charge on any atom is -0.478 e. The number of anilines is 1. The van der Waals surface area contributed by atoms with E-state index in [1.807, 2.05) is 23.9 Å². The van der Waals surface area contributed by atoms with Gasteiger partial charge in [0, 0.05) is 24.1 Å². The van der Waals surface area contributed by atoms with Crippen molar-refractivity contribution in [2.45, 2.75) is 38.8 Å². The predicted octanol–water partition coefficient (Wildman–Crippen LogP) is 1.97. The van der Waals surface area contributed by atoms with E-state index in [4.69, 9.17) is 0 Å². The van der Waals surface area contributed by atoms with E-state index in [1.54, 1.807) is 12.3 Å². The Morgan fingerprint density at radius 2 is 2.38 bits per heavy atom. The second-order valence-corrected chi connectivity index (χ2v) is 5.42. The number of pyridine rings is 1. The fourth-order valence-electron chi connectivity index (χ4n) is 2.71. The van der Waals surface area contributed by atoms with Crippen LogP contribution in [0.5, 0.6) is 0 Å². The van der Waals surface area contributed by atoms with Gasteiger partial charge in [0.1, 0.15) is 11.4 Å². The molecule has 110 valence electrons. The van der Waals surface area contributed by atoms with Gasteiger partial charge < -0.3 is 10.4 Å². The van der Waals surface area contributed by atoms with Gasteiger partial charge in [-0.1, -0.05) is 0 Å². The van der Waals surface area contributed by atoms with E-state index in [2.05, 4.69) is 15.4 Å². The zero-order valence-corrected chi connectivity index (χ0v) is 11.9. The lowest BCUT2D eigenvalue weighted by atomic mass is 10.1. The van der Waals surface area contributed by atoms with Crippen molar-refractivity contribution in [3.8, 4) is 0 Å². The molecule has 0 amide bonds. The maximum atomic E-state index is 11.4. The third kappa shape index (κ3) is 2.89. The molecule has 1 aliphatic rings. The number of hydrogen-bond donors (Lipinski definition) is 2. The van der Waals surface area contributed by atoms with Gasteiger partial charge in [0.15, 0.2) is 0 Å². The number of nitrogens with one attached hydrogen (secondary N) is 1. The number of nitrogens with zero attached hydrogens (tertiary/aromatic N) is 3. The van der Waals surface area contributed by atoms with Crippen molar-refractivity contribution in [2.75, 3.05) is 5.32 Å². The number of rotatable bonds is 5. The quantitative estimate of drug-likeness (QED) is 0.878. The Morgan fingerprint density at radius 3 is 3.10 bits per heavy atom. The van der Waals surface area contributed by atoms with E-state index in [-0.39, 0.29) is 11.6 Å². The molecule has 1 unspecified atom stereocenters. The summed E-state index contributed by atoms with van der Waals surface area (Å²) in [5.74, 6) is -0.478. The van der Waals surface area contributed by atoms with Crippen LogP contribution in [0.25, 0.3) is 0 Å². The second kappa shape index (κ2) is 5.55. The Labute approximate surface area is 122 Å². The van der Waals surface area contributed by atoms with E-state index < -0.39 is 5.97 Å². The number of aromatic carboxylic acids is 1. The average molecular weight is 286 g/mol. The van der Waals surface area contributed by atoms with E-state index >= 15 is 0 Å². The molecule has 2 N–H and O–H groups in total. The number of aromatic nitrogens is 3. The molecule has 21 heavy (non-hydrogen) atoms. The highest BCUT2D eigenvalue weighted by molar-refractivity contribution is 5.93. The van der Waals surface area contributed by atoms with Crippen LogP contribution >= 0.6 is 0 Å². The van der Waals surface area contributed by atoms with Gasteiger partial charge in [0.2, 0.25) is 0 Å². The molecule has 6 heteroatoms. The number of hydrogen-bond acceptors (Lipinski definition) is 4. The summed E-state index contributed by atoms with van der Waals surface area (Å²) >= 11 is 0. The summed E-state index contributed by atoms with van der Waals surface area (Å²) in [5, 5.41) is 16.7. The van der Waals surface area contributed by atoms with Crippen molar-refractivity contribution >= 4 is 11.8 Å². The molecule has 0 fully saturated rings. The lowest BCUT2D eigenvalue weighted by molar-refractivity contribution is 0.0697. The van der Waals surface area contributed by atoms with Gasteiger partial charge in [-0.3, -0.25) is 4.68 Å². The van der Waals surface area contributed by atoms with E-state index in [1.165, 1.54) is 0 Å². The SMILES string of the molecule is CC(Cn1cccn1)Nc1nc2c(cc1C(=O)O)CCC2. The van der Waals surface area contributed by atoms with Gasteiger partial charge >= 0.3 is 5.97 Å². The smallest absolute Gasteiger partial charge is 0.339 e. The molecule has 0 bridgehead atoms. The Hall–Kier alpha value is -2.37. The maximum absolute atomic E-state index is 11.4. The number of aryl methyl sites for hydroxylation is 2. The maximum Gasteiger partial charge on any atom is 0.339 e. The van der Waals surface area contributed by atoms with Crippen LogP contribution in [0.1, 0.15) is 35.0 Å². The second-order valence-electron chi connectivity index (χ2n) is 5.42. The summed E-state index contributed by atoms with van der Waals surface area (Å²) in [6.45, 7) is 2.65. The molecule has 0 radical (unpaired) electrons. The van der Waals surface area contributed by atoms with Crippen molar-refractivity contribution < 1.29 is 9.90 Å². The van der Waals surface area contributed by atoms with E-state index in [9.17, 15) is 9.90 Å². The highest BCUT2D eigenvalue weighted by Crippen LogP contribution is 2.25. The van der Waals surface area contributed by atoms with Gasteiger partial charge in [-0.05, 0) is 43.9 Å². The lowest BCUT2D eigenvalue weighted by Gasteiger charge is -2.17. The molecule has 3 rings (SSSR count).